The molecular weight excluding hydrogens is 426 g/mol. The largest absolute Gasteiger partial charge is 0.379 e. The van der Waals surface area contributed by atoms with E-state index in [1.807, 2.05) is 55.5 Å². The lowest BCUT2D eigenvalue weighted by atomic mass is 10.1. The van der Waals surface area contributed by atoms with Gasteiger partial charge in [0.1, 0.15) is 5.54 Å². The van der Waals surface area contributed by atoms with Crippen LogP contribution in [-0.4, -0.2) is 48.6 Å². The Kier molecular flexibility index (Phi) is 6.18. The number of hydrogen-bond acceptors (Lipinski definition) is 4. The van der Waals surface area contributed by atoms with Gasteiger partial charge < -0.3 is 15.4 Å². The van der Waals surface area contributed by atoms with Gasteiger partial charge in [0.2, 0.25) is 5.91 Å². The summed E-state index contributed by atoms with van der Waals surface area (Å²) in [5, 5.41) is 6.05. The second-order valence-electron chi connectivity index (χ2n) is 9.01. The number of benzene rings is 3. The molecule has 2 aliphatic rings. The molecule has 0 atom stereocenters. The fraction of sp³-hybridized carbons (Fsp3) is 0.286. The molecule has 3 aromatic carbocycles. The van der Waals surface area contributed by atoms with E-state index in [2.05, 4.69) is 27.7 Å². The normalized spacial score (nSPS) is 17.1. The number of carbonyl (C=O) groups excluding carboxylic acids is 2. The van der Waals surface area contributed by atoms with E-state index in [9.17, 15) is 9.59 Å². The van der Waals surface area contributed by atoms with Crippen molar-refractivity contribution in [2.45, 2.75) is 25.3 Å². The Balaban J connectivity index is 1.27. The maximum atomic E-state index is 13.2. The molecular formula is C28H29N3O3. The van der Waals surface area contributed by atoms with Crippen LogP contribution >= 0.6 is 0 Å². The van der Waals surface area contributed by atoms with Crippen molar-refractivity contribution < 1.29 is 14.3 Å². The molecule has 174 valence electrons. The number of anilines is 2. The number of rotatable bonds is 6. The third-order valence-electron chi connectivity index (χ3n) is 6.76. The van der Waals surface area contributed by atoms with Gasteiger partial charge in [0.15, 0.2) is 0 Å². The van der Waals surface area contributed by atoms with Crippen LogP contribution in [-0.2, 0) is 9.53 Å². The molecule has 2 amide bonds. The van der Waals surface area contributed by atoms with Crippen molar-refractivity contribution in [3.05, 3.63) is 83.9 Å². The number of nitrogens with one attached hydrogen (secondary N) is 2. The lowest BCUT2D eigenvalue weighted by Crippen LogP contribution is -2.51. The fourth-order valence-corrected chi connectivity index (χ4v) is 4.51. The highest BCUT2D eigenvalue weighted by Crippen LogP contribution is 2.43. The molecule has 1 saturated heterocycles. The number of ether oxygens (including phenoxy) is 1. The molecule has 2 N–H and O–H groups in total. The minimum absolute atomic E-state index is 0.00607. The van der Waals surface area contributed by atoms with E-state index in [0.29, 0.717) is 24.5 Å². The van der Waals surface area contributed by atoms with Crippen molar-refractivity contribution >= 4 is 23.2 Å². The second-order valence-corrected chi connectivity index (χ2v) is 9.01. The lowest BCUT2D eigenvalue weighted by molar-refractivity contribution is -0.124. The Morgan fingerprint density at radius 1 is 0.853 bits per heavy atom. The summed E-state index contributed by atoms with van der Waals surface area (Å²) in [5.41, 5.74) is 4.61. The van der Waals surface area contributed by atoms with Gasteiger partial charge in [-0.25, -0.2) is 0 Å². The molecule has 3 aromatic rings. The quantitative estimate of drug-likeness (QED) is 0.564. The van der Waals surface area contributed by atoms with Gasteiger partial charge in [-0.1, -0.05) is 48.5 Å². The highest BCUT2D eigenvalue weighted by molar-refractivity contribution is 6.06. The number of nitrogens with zero attached hydrogens (tertiary/aromatic N) is 1. The zero-order valence-corrected chi connectivity index (χ0v) is 19.3. The molecule has 5 rings (SSSR count). The first-order valence-electron chi connectivity index (χ1n) is 11.8. The second kappa shape index (κ2) is 9.41. The molecule has 2 fully saturated rings. The molecule has 0 radical (unpaired) electrons. The molecule has 1 heterocycles. The predicted molar refractivity (Wildman–Crippen MR) is 134 cm³/mol. The Morgan fingerprint density at radius 3 is 2.21 bits per heavy atom. The average Bonchev–Trinajstić information content (AvgIpc) is 3.69. The molecule has 1 aliphatic carbocycles. The third kappa shape index (κ3) is 4.60. The third-order valence-corrected chi connectivity index (χ3v) is 6.76. The molecule has 0 aromatic heterocycles. The fourth-order valence-electron chi connectivity index (χ4n) is 4.51. The predicted octanol–water partition coefficient (Wildman–Crippen LogP) is 4.72. The van der Waals surface area contributed by atoms with Crippen LogP contribution in [0.1, 0.15) is 28.8 Å². The summed E-state index contributed by atoms with van der Waals surface area (Å²) in [4.78, 5) is 28.3. The van der Waals surface area contributed by atoms with Crippen LogP contribution in [0.5, 0.6) is 0 Å². The number of amides is 2. The van der Waals surface area contributed by atoms with Gasteiger partial charge in [-0.3, -0.25) is 14.5 Å². The van der Waals surface area contributed by atoms with Crippen molar-refractivity contribution in [1.29, 1.82) is 0 Å². The smallest absolute Gasteiger partial charge is 0.255 e. The number of morpholine rings is 1. The first-order chi connectivity index (χ1) is 16.5. The van der Waals surface area contributed by atoms with Crippen LogP contribution in [0.2, 0.25) is 0 Å². The SMILES string of the molecule is Cc1ccc(C(=O)Nc2ccc(-c3ccccc3)cc2)cc1NC(=O)C1(N2CCOCC2)CC1. The van der Waals surface area contributed by atoms with Crippen LogP contribution in [0.4, 0.5) is 11.4 Å². The summed E-state index contributed by atoms with van der Waals surface area (Å²) in [6.45, 7) is 4.82. The van der Waals surface area contributed by atoms with Crippen LogP contribution in [0.3, 0.4) is 0 Å². The molecule has 6 nitrogen and oxygen atoms in total. The molecule has 0 spiro atoms. The van der Waals surface area contributed by atoms with Gasteiger partial charge >= 0.3 is 0 Å². The van der Waals surface area contributed by atoms with Crippen LogP contribution in [0, 0.1) is 6.92 Å². The van der Waals surface area contributed by atoms with Crippen molar-refractivity contribution in [1.82, 2.24) is 4.90 Å². The summed E-state index contributed by atoms with van der Waals surface area (Å²) in [6, 6.07) is 23.3. The van der Waals surface area contributed by atoms with E-state index in [0.717, 1.165) is 48.3 Å². The van der Waals surface area contributed by atoms with E-state index < -0.39 is 5.54 Å². The van der Waals surface area contributed by atoms with Gasteiger partial charge in [-0.2, -0.15) is 0 Å². The molecule has 34 heavy (non-hydrogen) atoms. The summed E-state index contributed by atoms with van der Waals surface area (Å²) in [5.74, 6) is -0.205. The van der Waals surface area contributed by atoms with Crippen molar-refractivity contribution in [2.75, 3.05) is 36.9 Å². The van der Waals surface area contributed by atoms with E-state index in [-0.39, 0.29) is 11.8 Å². The summed E-state index contributed by atoms with van der Waals surface area (Å²) >= 11 is 0. The van der Waals surface area contributed by atoms with E-state index >= 15 is 0 Å². The molecule has 6 heteroatoms. The molecule has 0 bridgehead atoms. The number of aryl methyl sites for hydroxylation is 1. The first kappa shape index (κ1) is 22.3. The van der Waals surface area contributed by atoms with Crippen molar-refractivity contribution in [2.24, 2.45) is 0 Å². The summed E-state index contributed by atoms with van der Waals surface area (Å²) in [7, 11) is 0. The lowest BCUT2D eigenvalue weighted by Gasteiger charge is -2.34. The highest BCUT2D eigenvalue weighted by Gasteiger charge is 2.54. The Morgan fingerprint density at radius 2 is 1.53 bits per heavy atom. The minimum Gasteiger partial charge on any atom is -0.379 e. The maximum Gasteiger partial charge on any atom is 0.255 e. The van der Waals surface area contributed by atoms with E-state index in [1.54, 1.807) is 12.1 Å². The van der Waals surface area contributed by atoms with Gasteiger partial charge in [0.05, 0.1) is 13.2 Å². The Labute approximate surface area is 199 Å². The summed E-state index contributed by atoms with van der Waals surface area (Å²) < 4.78 is 5.44. The van der Waals surface area contributed by atoms with Crippen LogP contribution in [0.25, 0.3) is 11.1 Å². The average molecular weight is 456 g/mol. The van der Waals surface area contributed by atoms with Crippen LogP contribution < -0.4 is 10.6 Å². The maximum absolute atomic E-state index is 13.2. The highest BCUT2D eigenvalue weighted by atomic mass is 16.5. The van der Waals surface area contributed by atoms with E-state index in [4.69, 9.17) is 4.74 Å². The first-order valence-corrected chi connectivity index (χ1v) is 11.8. The number of carbonyl (C=O) groups is 2. The minimum atomic E-state index is -0.436. The molecule has 1 saturated carbocycles. The topological polar surface area (TPSA) is 70.7 Å². The molecule has 0 unspecified atom stereocenters. The van der Waals surface area contributed by atoms with Crippen molar-refractivity contribution in [3.63, 3.8) is 0 Å². The zero-order valence-electron chi connectivity index (χ0n) is 19.3. The van der Waals surface area contributed by atoms with Gasteiger partial charge in [0, 0.05) is 30.0 Å². The van der Waals surface area contributed by atoms with Crippen LogP contribution in [0.15, 0.2) is 72.8 Å². The zero-order chi connectivity index (χ0) is 23.5. The van der Waals surface area contributed by atoms with Gasteiger partial charge in [-0.15, -0.1) is 0 Å². The Bertz CT molecular complexity index is 1180. The molecule has 1 aliphatic heterocycles. The van der Waals surface area contributed by atoms with E-state index in [1.165, 1.54) is 0 Å². The van der Waals surface area contributed by atoms with Crippen molar-refractivity contribution in [3.8, 4) is 11.1 Å². The summed E-state index contributed by atoms with van der Waals surface area (Å²) in [6.07, 6.45) is 1.72. The standard InChI is InChI=1S/C28H29N3O3/c1-20-7-8-23(19-25(20)30-27(33)28(13-14-28)31-15-17-34-18-16-31)26(32)29-24-11-9-22(10-12-24)21-5-3-2-4-6-21/h2-12,19H,13-18H2,1H3,(H,29,32)(H,30,33). The van der Waals surface area contributed by atoms with Gasteiger partial charge in [0.25, 0.3) is 5.91 Å². The monoisotopic (exact) mass is 455 g/mol. The van der Waals surface area contributed by atoms with Gasteiger partial charge in [-0.05, 0) is 60.7 Å². The number of hydrogen-bond donors (Lipinski definition) is 2. The Hall–Kier alpha value is -3.48.